The Hall–Kier alpha value is -1.79. The van der Waals surface area contributed by atoms with E-state index in [9.17, 15) is 22.8 Å². The van der Waals surface area contributed by atoms with Gasteiger partial charge in [-0.05, 0) is 13.0 Å². The highest BCUT2D eigenvalue weighted by atomic mass is 19.4. The van der Waals surface area contributed by atoms with Gasteiger partial charge in [0.25, 0.3) is 0 Å². The Morgan fingerprint density at radius 3 is 2.59 bits per heavy atom. The second-order valence-corrected chi connectivity index (χ2v) is 3.24. The van der Waals surface area contributed by atoms with Gasteiger partial charge in [-0.1, -0.05) is 0 Å². The van der Waals surface area contributed by atoms with Crippen molar-refractivity contribution in [3.8, 4) is 0 Å². The van der Waals surface area contributed by atoms with E-state index < -0.39 is 29.7 Å². The van der Waals surface area contributed by atoms with Gasteiger partial charge in [-0.15, -0.1) is 0 Å². The predicted molar refractivity (Wildman–Crippen MR) is 52.4 cm³/mol. The van der Waals surface area contributed by atoms with E-state index in [0.717, 1.165) is 6.07 Å². The number of aromatic nitrogens is 1. The highest BCUT2D eigenvalue weighted by Crippen LogP contribution is 2.28. The van der Waals surface area contributed by atoms with Crippen LogP contribution in [0.4, 0.5) is 13.2 Å². The lowest BCUT2D eigenvalue weighted by Crippen LogP contribution is -2.17. The summed E-state index contributed by atoms with van der Waals surface area (Å²) in [6.07, 6.45) is -5.01. The van der Waals surface area contributed by atoms with E-state index >= 15 is 0 Å². The van der Waals surface area contributed by atoms with Crippen molar-refractivity contribution in [3.05, 3.63) is 33.7 Å². The molecule has 1 aromatic heterocycles. The van der Waals surface area contributed by atoms with Crippen molar-refractivity contribution < 1.29 is 22.7 Å². The first-order valence-electron chi connectivity index (χ1n) is 4.79. The molecule has 0 spiro atoms. The van der Waals surface area contributed by atoms with Crippen molar-refractivity contribution in [2.24, 2.45) is 0 Å². The fraction of sp³-hybridized carbons (Fsp3) is 0.400. The summed E-state index contributed by atoms with van der Waals surface area (Å²) in [5, 5.41) is 0. The number of alkyl halides is 3. The van der Waals surface area contributed by atoms with Gasteiger partial charge in [0, 0.05) is 11.8 Å². The lowest BCUT2D eigenvalue weighted by Gasteiger charge is -2.08. The van der Waals surface area contributed by atoms with Crippen molar-refractivity contribution in [3.63, 3.8) is 0 Å². The molecule has 0 saturated carbocycles. The van der Waals surface area contributed by atoms with E-state index in [2.05, 4.69) is 9.72 Å². The van der Waals surface area contributed by atoms with E-state index in [-0.39, 0.29) is 12.3 Å². The summed E-state index contributed by atoms with van der Waals surface area (Å²) >= 11 is 0. The molecule has 1 rings (SSSR count). The minimum atomic E-state index is -4.61. The lowest BCUT2D eigenvalue weighted by molar-refractivity contribution is -0.143. The topological polar surface area (TPSA) is 59.2 Å². The van der Waals surface area contributed by atoms with Crippen LogP contribution in [0.5, 0.6) is 0 Å². The third-order valence-electron chi connectivity index (χ3n) is 1.87. The molecule has 0 atom stereocenters. The first kappa shape index (κ1) is 13.3. The van der Waals surface area contributed by atoms with Crippen LogP contribution in [-0.4, -0.2) is 17.6 Å². The molecule has 94 valence electrons. The van der Waals surface area contributed by atoms with E-state index in [1.165, 1.54) is 0 Å². The Morgan fingerprint density at radius 1 is 1.41 bits per heavy atom. The highest BCUT2D eigenvalue weighted by molar-refractivity contribution is 5.71. The molecule has 0 bridgehead atoms. The number of carbonyl (C=O) groups excluding carboxylic acids is 1. The molecule has 1 aromatic rings. The SMILES string of the molecule is CCOC(=O)Cc1cc(C(F)(F)F)cc(=O)[nH]1. The van der Waals surface area contributed by atoms with Gasteiger partial charge in [-0.25, -0.2) is 0 Å². The second kappa shape index (κ2) is 5.03. The molecule has 0 aromatic carbocycles. The Bertz CT molecular complexity index is 465. The summed E-state index contributed by atoms with van der Waals surface area (Å²) in [5.41, 5.74) is -2.11. The Morgan fingerprint density at radius 2 is 2.06 bits per heavy atom. The highest BCUT2D eigenvalue weighted by Gasteiger charge is 2.31. The van der Waals surface area contributed by atoms with Gasteiger partial charge in [0.1, 0.15) is 0 Å². The number of hydrogen-bond acceptors (Lipinski definition) is 3. The van der Waals surface area contributed by atoms with Gasteiger partial charge in [-0.3, -0.25) is 9.59 Å². The smallest absolute Gasteiger partial charge is 0.416 e. The molecule has 0 fully saturated rings. The molecule has 1 heterocycles. The number of halogens is 3. The summed E-state index contributed by atoms with van der Waals surface area (Å²) in [4.78, 5) is 24.2. The number of H-pyrrole nitrogens is 1. The Balaban J connectivity index is 2.98. The molecular formula is C10H10F3NO3. The molecule has 1 N–H and O–H groups in total. The van der Waals surface area contributed by atoms with Crippen LogP contribution < -0.4 is 5.56 Å². The number of carbonyl (C=O) groups is 1. The van der Waals surface area contributed by atoms with Crippen LogP contribution in [-0.2, 0) is 22.1 Å². The standard InChI is InChI=1S/C10H10F3NO3/c1-2-17-9(16)5-7-3-6(10(11,12)13)4-8(15)14-7/h3-4H,2,5H2,1H3,(H,14,15). The van der Waals surface area contributed by atoms with E-state index in [4.69, 9.17) is 0 Å². The Labute approximate surface area is 94.4 Å². The summed E-state index contributed by atoms with van der Waals surface area (Å²) in [5.74, 6) is -0.692. The maximum absolute atomic E-state index is 12.4. The molecule has 0 radical (unpaired) electrons. The van der Waals surface area contributed by atoms with Crippen LogP contribution in [0.1, 0.15) is 18.2 Å². The first-order valence-corrected chi connectivity index (χ1v) is 4.79. The summed E-state index contributed by atoms with van der Waals surface area (Å²) < 4.78 is 41.7. The van der Waals surface area contributed by atoms with Gasteiger partial charge >= 0.3 is 12.1 Å². The molecule has 0 aliphatic rings. The molecular weight excluding hydrogens is 239 g/mol. The maximum Gasteiger partial charge on any atom is 0.416 e. The quantitative estimate of drug-likeness (QED) is 0.826. The van der Waals surface area contributed by atoms with Crippen LogP contribution in [0, 0.1) is 0 Å². The van der Waals surface area contributed by atoms with Crippen molar-refractivity contribution in [1.29, 1.82) is 0 Å². The molecule has 0 amide bonds. The molecule has 0 unspecified atom stereocenters. The zero-order valence-electron chi connectivity index (χ0n) is 8.93. The monoisotopic (exact) mass is 249 g/mol. The minimum absolute atomic E-state index is 0.122. The average molecular weight is 249 g/mol. The van der Waals surface area contributed by atoms with Crippen LogP contribution in [0.3, 0.4) is 0 Å². The van der Waals surface area contributed by atoms with Gasteiger partial charge in [0.2, 0.25) is 5.56 Å². The number of ether oxygens (including phenoxy) is 1. The first-order chi connectivity index (χ1) is 7.82. The summed E-state index contributed by atoms with van der Waals surface area (Å²) in [6, 6.07) is 1.16. The average Bonchev–Trinajstić information content (AvgIpc) is 2.15. The van der Waals surface area contributed by atoms with Crippen molar-refractivity contribution >= 4 is 5.97 Å². The van der Waals surface area contributed by atoms with Crippen LogP contribution in [0.15, 0.2) is 16.9 Å². The fourth-order valence-corrected chi connectivity index (χ4v) is 1.23. The number of hydrogen-bond donors (Lipinski definition) is 1. The molecule has 17 heavy (non-hydrogen) atoms. The molecule has 7 heteroatoms. The number of esters is 1. The second-order valence-electron chi connectivity index (χ2n) is 3.24. The predicted octanol–water partition coefficient (Wildman–Crippen LogP) is 1.50. The third-order valence-corrected chi connectivity index (χ3v) is 1.87. The Kier molecular flexibility index (Phi) is 3.93. The summed E-state index contributed by atoms with van der Waals surface area (Å²) in [6.45, 7) is 1.70. The van der Waals surface area contributed by atoms with Crippen molar-refractivity contribution in [2.45, 2.75) is 19.5 Å². The van der Waals surface area contributed by atoms with Gasteiger partial charge in [0.15, 0.2) is 0 Å². The lowest BCUT2D eigenvalue weighted by atomic mass is 10.2. The zero-order valence-corrected chi connectivity index (χ0v) is 8.93. The minimum Gasteiger partial charge on any atom is -0.466 e. The summed E-state index contributed by atoms with van der Waals surface area (Å²) in [7, 11) is 0. The largest absolute Gasteiger partial charge is 0.466 e. The molecule has 0 saturated heterocycles. The number of rotatable bonds is 3. The number of aromatic amines is 1. The van der Waals surface area contributed by atoms with E-state index in [0.29, 0.717) is 6.07 Å². The van der Waals surface area contributed by atoms with Gasteiger partial charge in [-0.2, -0.15) is 13.2 Å². The maximum atomic E-state index is 12.4. The number of pyridine rings is 1. The van der Waals surface area contributed by atoms with Gasteiger partial charge in [0.05, 0.1) is 18.6 Å². The normalized spacial score (nSPS) is 11.3. The molecule has 0 aliphatic heterocycles. The van der Waals surface area contributed by atoms with Crippen LogP contribution >= 0.6 is 0 Å². The zero-order chi connectivity index (χ0) is 13.1. The van der Waals surface area contributed by atoms with Crippen LogP contribution in [0.25, 0.3) is 0 Å². The fourth-order valence-electron chi connectivity index (χ4n) is 1.23. The number of nitrogens with one attached hydrogen (secondary N) is 1. The molecule has 4 nitrogen and oxygen atoms in total. The van der Waals surface area contributed by atoms with Crippen LogP contribution in [0.2, 0.25) is 0 Å². The third kappa shape index (κ3) is 3.93. The van der Waals surface area contributed by atoms with E-state index in [1.807, 2.05) is 0 Å². The van der Waals surface area contributed by atoms with Crippen molar-refractivity contribution in [2.75, 3.05) is 6.61 Å². The molecule has 0 aliphatic carbocycles. The van der Waals surface area contributed by atoms with Crippen molar-refractivity contribution in [1.82, 2.24) is 4.98 Å². The van der Waals surface area contributed by atoms with Gasteiger partial charge < -0.3 is 9.72 Å². The van der Waals surface area contributed by atoms with E-state index in [1.54, 1.807) is 6.92 Å².